The van der Waals surface area contributed by atoms with Crippen molar-refractivity contribution in [2.24, 2.45) is 11.8 Å². The molecule has 0 radical (unpaired) electrons. The summed E-state index contributed by atoms with van der Waals surface area (Å²) in [4.78, 5) is 12.8. The highest BCUT2D eigenvalue weighted by atomic mass is 19.4. The maximum atomic E-state index is 13.6. The highest BCUT2D eigenvalue weighted by Gasteiger charge is 2.40. The van der Waals surface area contributed by atoms with Crippen LogP contribution >= 0.6 is 0 Å². The van der Waals surface area contributed by atoms with Gasteiger partial charge in [0, 0.05) is 43.4 Å². The molecule has 1 N–H and O–H groups in total. The van der Waals surface area contributed by atoms with Crippen molar-refractivity contribution in [3.05, 3.63) is 17.0 Å². The Morgan fingerprint density at radius 1 is 0.929 bits per heavy atom. The Bertz CT molecular complexity index is 691. The first kappa shape index (κ1) is 19.9. The monoisotopic (exact) mass is 398 g/mol. The molecule has 2 fully saturated rings. The van der Waals surface area contributed by atoms with Crippen LogP contribution in [0.1, 0.15) is 49.1 Å². The summed E-state index contributed by atoms with van der Waals surface area (Å²) in [5.41, 5.74) is 0.0844. The molecule has 8 heteroatoms. The number of aromatic nitrogens is 2. The van der Waals surface area contributed by atoms with Crippen LogP contribution in [0.4, 0.5) is 19.1 Å². The van der Waals surface area contributed by atoms with Crippen LogP contribution in [-0.4, -0.2) is 59.3 Å². The molecule has 1 aliphatic carbocycles. The number of aryl methyl sites for hydroxylation is 1. The van der Waals surface area contributed by atoms with E-state index in [0.29, 0.717) is 31.6 Å². The quantitative estimate of drug-likeness (QED) is 0.845. The van der Waals surface area contributed by atoms with Gasteiger partial charge in [-0.1, -0.05) is 6.42 Å². The van der Waals surface area contributed by atoms with E-state index >= 15 is 0 Å². The number of nitrogens with zero attached hydrogens (tertiary/aromatic N) is 4. The molecule has 5 nitrogen and oxygen atoms in total. The summed E-state index contributed by atoms with van der Waals surface area (Å²) in [6.45, 7) is 4.21. The van der Waals surface area contributed by atoms with Crippen LogP contribution in [0.25, 0.3) is 0 Å². The molecule has 2 aliphatic heterocycles. The summed E-state index contributed by atoms with van der Waals surface area (Å²) in [7, 11) is 0. The van der Waals surface area contributed by atoms with E-state index in [2.05, 4.69) is 14.9 Å². The van der Waals surface area contributed by atoms with Crippen molar-refractivity contribution in [2.45, 2.75) is 51.1 Å². The molecular formula is C20H29F3N4O. The lowest BCUT2D eigenvalue weighted by Crippen LogP contribution is -2.37. The number of alkyl halides is 3. The second kappa shape index (κ2) is 8.14. The zero-order chi connectivity index (χ0) is 19.7. The van der Waals surface area contributed by atoms with Crippen LogP contribution in [0.3, 0.4) is 0 Å². The molecule has 1 aromatic rings. The van der Waals surface area contributed by atoms with Gasteiger partial charge in [-0.15, -0.1) is 0 Å². The molecule has 2 saturated heterocycles. The minimum atomic E-state index is -4.46. The summed E-state index contributed by atoms with van der Waals surface area (Å²) in [6.07, 6.45) is 1.82. The van der Waals surface area contributed by atoms with Gasteiger partial charge in [-0.25, -0.2) is 9.97 Å². The van der Waals surface area contributed by atoms with E-state index in [4.69, 9.17) is 0 Å². The van der Waals surface area contributed by atoms with Crippen molar-refractivity contribution in [1.82, 2.24) is 14.9 Å². The number of fused-ring (bicyclic) bond motifs is 1. The highest BCUT2D eigenvalue weighted by molar-refractivity contribution is 5.41. The van der Waals surface area contributed by atoms with E-state index in [1.54, 1.807) is 0 Å². The number of halogens is 3. The molecular weight excluding hydrogens is 369 g/mol. The molecule has 0 amide bonds. The minimum absolute atomic E-state index is 0.0477. The SMILES string of the molecule is OC[C@@H]1CN(c2nc3c(c(C(F)(F)F)n2)CCCC3)C[C@@H]1CN1CCCCC1. The Morgan fingerprint density at radius 2 is 1.64 bits per heavy atom. The molecule has 0 aromatic carbocycles. The highest BCUT2D eigenvalue weighted by Crippen LogP contribution is 2.37. The maximum Gasteiger partial charge on any atom is 0.433 e. The first-order valence-corrected chi connectivity index (χ1v) is 10.5. The van der Waals surface area contributed by atoms with Crippen molar-refractivity contribution in [1.29, 1.82) is 0 Å². The number of hydrogen-bond donors (Lipinski definition) is 1. The summed E-state index contributed by atoms with van der Waals surface area (Å²) in [5, 5.41) is 9.84. The van der Waals surface area contributed by atoms with E-state index in [1.807, 2.05) is 4.90 Å². The van der Waals surface area contributed by atoms with Gasteiger partial charge in [0.15, 0.2) is 5.69 Å². The molecule has 3 heterocycles. The number of likely N-dealkylation sites (tertiary alicyclic amines) is 1. The smallest absolute Gasteiger partial charge is 0.396 e. The van der Waals surface area contributed by atoms with Gasteiger partial charge in [0.2, 0.25) is 5.95 Å². The second-order valence-electron chi connectivity index (χ2n) is 8.47. The van der Waals surface area contributed by atoms with Crippen molar-refractivity contribution in [2.75, 3.05) is 44.2 Å². The average molecular weight is 398 g/mol. The third-order valence-corrected chi connectivity index (χ3v) is 6.48. The maximum absolute atomic E-state index is 13.6. The summed E-state index contributed by atoms with van der Waals surface area (Å²) >= 11 is 0. The van der Waals surface area contributed by atoms with Gasteiger partial charge in [-0.05, 0) is 57.5 Å². The molecule has 1 aromatic heterocycles. The Morgan fingerprint density at radius 3 is 2.36 bits per heavy atom. The Hall–Kier alpha value is -1.41. The summed E-state index contributed by atoms with van der Waals surface area (Å²) in [5.74, 6) is 0.473. The molecule has 2 atom stereocenters. The third kappa shape index (κ3) is 4.13. The third-order valence-electron chi connectivity index (χ3n) is 6.48. The van der Waals surface area contributed by atoms with Crippen LogP contribution in [-0.2, 0) is 19.0 Å². The lowest BCUT2D eigenvalue weighted by Gasteiger charge is -2.30. The number of piperidine rings is 1. The zero-order valence-electron chi connectivity index (χ0n) is 16.2. The van der Waals surface area contributed by atoms with E-state index in [-0.39, 0.29) is 30.0 Å². The van der Waals surface area contributed by atoms with Gasteiger partial charge in [0.05, 0.1) is 0 Å². The molecule has 28 heavy (non-hydrogen) atoms. The zero-order valence-corrected chi connectivity index (χ0v) is 16.2. The standard InChI is InChI=1S/C20H29F3N4O/c21-20(22,23)18-16-6-2-3-7-17(16)24-19(25-18)27-11-14(15(12-27)13-28)10-26-8-4-1-5-9-26/h14-15,28H,1-13H2/t14-,15-/m0/s1. The van der Waals surface area contributed by atoms with Gasteiger partial charge >= 0.3 is 6.18 Å². The van der Waals surface area contributed by atoms with E-state index in [0.717, 1.165) is 32.5 Å². The van der Waals surface area contributed by atoms with Crippen LogP contribution in [0, 0.1) is 11.8 Å². The van der Waals surface area contributed by atoms with Crippen molar-refractivity contribution in [3.63, 3.8) is 0 Å². The van der Waals surface area contributed by atoms with Crippen LogP contribution in [0.15, 0.2) is 0 Å². The Labute approximate surface area is 164 Å². The fraction of sp³-hybridized carbons (Fsp3) is 0.800. The number of rotatable bonds is 4. The molecule has 0 unspecified atom stereocenters. The topological polar surface area (TPSA) is 52.5 Å². The van der Waals surface area contributed by atoms with E-state index in [9.17, 15) is 18.3 Å². The van der Waals surface area contributed by atoms with Crippen molar-refractivity contribution >= 4 is 5.95 Å². The number of anilines is 1. The predicted octanol–water partition coefficient (Wildman–Crippen LogP) is 2.90. The van der Waals surface area contributed by atoms with Crippen LogP contribution in [0.5, 0.6) is 0 Å². The van der Waals surface area contributed by atoms with Crippen molar-refractivity contribution in [3.8, 4) is 0 Å². The fourth-order valence-corrected chi connectivity index (χ4v) is 4.95. The second-order valence-corrected chi connectivity index (χ2v) is 8.47. The number of aliphatic hydroxyl groups excluding tert-OH is 1. The van der Waals surface area contributed by atoms with Gasteiger partial charge in [-0.3, -0.25) is 0 Å². The molecule has 3 aliphatic rings. The first-order chi connectivity index (χ1) is 13.5. The molecule has 156 valence electrons. The molecule has 0 spiro atoms. The molecule has 0 bridgehead atoms. The van der Waals surface area contributed by atoms with Gasteiger partial charge in [0.25, 0.3) is 0 Å². The van der Waals surface area contributed by atoms with E-state index in [1.165, 1.54) is 19.3 Å². The minimum Gasteiger partial charge on any atom is -0.396 e. The Kier molecular flexibility index (Phi) is 5.78. The normalized spacial score (nSPS) is 26.5. The van der Waals surface area contributed by atoms with Crippen LogP contribution < -0.4 is 4.90 Å². The number of hydrogen-bond acceptors (Lipinski definition) is 5. The summed E-state index contributed by atoms with van der Waals surface area (Å²) in [6, 6.07) is 0. The first-order valence-electron chi connectivity index (χ1n) is 10.5. The number of aliphatic hydroxyl groups is 1. The Balaban J connectivity index is 1.56. The lowest BCUT2D eigenvalue weighted by molar-refractivity contribution is -0.142. The lowest BCUT2D eigenvalue weighted by atomic mass is 9.94. The van der Waals surface area contributed by atoms with E-state index < -0.39 is 11.9 Å². The molecule has 0 saturated carbocycles. The average Bonchev–Trinajstić information content (AvgIpc) is 3.10. The predicted molar refractivity (Wildman–Crippen MR) is 100 cm³/mol. The van der Waals surface area contributed by atoms with Crippen molar-refractivity contribution < 1.29 is 18.3 Å². The fourth-order valence-electron chi connectivity index (χ4n) is 4.95. The van der Waals surface area contributed by atoms with Gasteiger partial charge < -0.3 is 14.9 Å². The largest absolute Gasteiger partial charge is 0.433 e. The molecule has 4 rings (SSSR count). The van der Waals surface area contributed by atoms with Crippen LogP contribution in [0.2, 0.25) is 0 Å². The van der Waals surface area contributed by atoms with Gasteiger partial charge in [0.1, 0.15) is 0 Å². The summed E-state index contributed by atoms with van der Waals surface area (Å²) < 4.78 is 40.8. The van der Waals surface area contributed by atoms with Gasteiger partial charge in [-0.2, -0.15) is 13.2 Å².